The molecule has 1 heteroatoms. The second-order valence-electron chi connectivity index (χ2n) is 5.02. The van der Waals surface area contributed by atoms with Gasteiger partial charge in [0.15, 0.2) is 0 Å². The molecule has 3 rings (SSSR count). The highest BCUT2D eigenvalue weighted by Gasteiger charge is 2.55. The van der Waals surface area contributed by atoms with Gasteiger partial charge in [0, 0.05) is 0 Å². The number of hydrogen-bond acceptors (Lipinski definition) is 1. The normalized spacial score (nSPS) is 53.5. The van der Waals surface area contributed by atoms with Crippen LogP contribution in [0.3, 0.4) is 0 Å². The highest BCUT2D eigenvalue weighted by molar-refractivity contribution is 5.04. The summed E-state index contributed by atoms with van der Waals surface area (Å²) in [6.07, 6.45) is 2.40. The van der Waals surface area contributed by atoms with Crippen molar-refractivity contribution in [2.75, 3.05) is 0 Å². The van der Waals surface area contributed by atoms with Crippen LogP contribution < -0.4 is 0 Å². The first-order chi connectivity index (χ1) is 5.03. The van der Waals surface area contributed by atoms with E-state index in [-0.39, 0.29) is 6.10 Å². The molecule has 0 radical (unpaired) electrons. The van der Waals surface area contributed by atoms with E-state index >= 15 is 0 Å². The van der Waals surface area contributed by atoms with E-state index < -0.39 is 0 Å². The standard InChI is InChI=1S/C10H18O/c1-6-8-4-7(5-9(6)11)10(8,2)3/h6-9,11H,4-5H2,1-3H3/t6-,7-,8+,9-/m0/s1. The van der Waals surface area contributed by atoms with Crippen molar-refractivity contribution in [3.63, 3.8) is 0 Å². The molecule has 0 aromatic heterocycles. The molecule has 0 unspecified atom stereocenters. The molecule has 0 spiro atoms. The Morgan fingerprint density at radius 1 is 1.27 bits per heavy atom. The molecular weight excluding hydrogens is 136 g/mol. The van der Waals surface area contributed by atoms with Crippen LogP contribution in [0.2, 0.25) is 0 Å². The summed E-state index contributed by atoms with van der Waals surface area (Å²) in [5, 5.41) is 9.61. The van der Waals surface area contributed by atoms with Gasteiger partial charge in [0.25, 0.3) is 0 Å². The molecule has 3 fully saturated rings. The van der Waals surface area contributed by atoms with Crippen molar-refractivity contribution in [2.24, 2.45) is 23.2 Å². The van der Waals surface area contributed by atoms with Gasteiger partial charge in [0.2, 0.25) is 0 Å². The Labute approximate surface area is 68.8 Å². The lowest BCUT2D eigenvalue weighted by molar-refractivity contribution is -0.154. The predicted molar refractivity (Wildman–Crippen MR) is 45.2 cm³/mol. The van der Waals surface area contributed by atoms with Crippen molar-refractivity contribution in [3.05, 3.63) is 0 Å². The number of fused-ring (bicyclic) bond motifs is 2. The molecule has 3 aliphatic carbocycles. The first-order valence-electron chi connectivity index (χ1n) is 4.71. The topological polar surface area (TPSA) is 20.2 Å². The van der Waals surface area contributed by atoms with E-state index in [0.717, 1.165) is 18.3 Å². The number of aliphatic hydroxyl groups excluding tert-OH is 1. The van der Waals surface area contributed by atoms with Crippen molar-refractivity contribution < 1.29 is 5.11 Å². The third-order valence-corrected chi connectivity index (χ3v) is 4.31. The zero-order chi connectivity index (χ0) is 8.22. The second kappa shape index (κ2) is 2.01. The maximum atomic E-state index is 9.61. The molecule has 11 heavy (non-hydrogen) atoms. The van der Waals surface area contributed by atoms with Gasteiger partial charge in [-0.05, 0) is 36.0 Å². The third-order valence-electron chi connectivity index (χ3n) is 4.31. The zero-order valence-electron chi connectivity index (χ0n) is 7.67. The summed E-state index contributed by atoms with van der Waals surface area (Å²) in [6, 6.07) is 0. The minimum Gasteiger partial charge on any atom is -0.393 e. The van der Waals surface area contributed by atoms with Crippen LogP contribution in [0.25, 0.3) is 0 Å². The Kier molecular flexibility index (Phi) is 1.39. The molecule has 0 heterocycles. The minimum atomic E-state index is -0.00762. The molecule has 4 atom stereocenters. The largest absolute Gasteiger partial charge is 0.393 e. The van der Waals surface area contributed by atoms with Crippen molar-refractivity contribution >= 4 is 0 Å². The Balaban J connectivity index is 2.17. The Morgan fingerprint density at radius 2 is 1.91 bits per heavy atom. The molecule has 0 aliphatic heterocycles. The fraction of sp³-hybridized carbons (Fsp3) is 1.00. The maximum Gasteiger partial charge on any atom is 0.0571 e. The molecule has 64 valence electrons. The van der Waals surface area contributed by atoms with E-state index in [2.05, 4.69) is 20.8 Å². The second-order valence-corrected chi connectivity index (χ2v) is 5.02. The molecule has 0 aromatic rings. The SMILES string of the molecule is C[C@H]1[C@H]2C[C@@H](C[C@@H]1O)C2(C)C. The van der Waals surface area contributed by atoms with Crippen LogP contribution in [0, 0.1) is 23.2 Å². The van der Waals surface area contributed by atoms with Crippen LogP contribution in [0.15, 0.2) is 0 Å². The van der Waals surface area contributed by atoms with Crippen LogP contribution in [0.5, 0.6) is 0 Å². The van der Waals surface area contributed by atoms with Crippen LogP contribution >= 0.6 is 0 Å². The van der Waals surface area contributed by atoms with Gasteiger partial charge < -0.3 is 5.11 Å². The fourth-order valence-corrected chi connectivity index (χ4v) is 3.12. The van der Waals surface area contributed by atoms with Crippen molar-refractivity contribution in [2.45, 2.75) is 39.7 Å². The van der Waals surface area contributed by atoms with Crippen molar-refractivity contribution in [1.29, 1.82) is 0 Å². The summed E-state index contributed by atoms with van der Waals surface area (Å²) in [6.45, 7) is 6.91. The van der Waals surface area contributed by atoms with Crippen LogP contribution in [-0.4, -0.2) is 11.2 Å². The summed E-state index contributed by atoms with van der Waals surface area (Å²) in [5.41, 5.74) is 0.526. The molecule has 1 N–H and O–H groups in total. The summed E-state index contributed by atoms with van der Waals surface area (Å²) < 4.78 is 0. The smallest absolute Gasteiger partial charge is 0.0571 e. The quantitative estimate of drug-likeness (QED) is 0.566. The maximum absolute atomic E-state index is 9.61. The lowest BCUT2D eigenvalue weighted by Crippen LogP contribution is -2.56. The number of hydrogen-bond donors (Lipinski definition) is 1. The molecule has 0 aromatic carbocycles. The van der Waals surface area contributed by atoms with Crippen LogP contribution in [-0.2, 0) is 0 Å². The fourth-order valence-electron chi connectivity index (χ4n) is 3.12. The van der Waals surface area contributed by atoms with Gasteiger partial charge in [-0.2, -0.15) is 0 Å². The van der Waals surface area contributed by atoms with Gasteiger partial charge in [-0.25, -0.2) is 0 Å². The van der Waals surface area contributed by atoms with Gasteiger partial charge >= 0.3 is 0 Å². The summed E-state index contributed by atoms with van der Waals surface area (Å²) in [5.74, 6) is 2.13. The van der Waals surface area contributed by atoms with E-state index in [9.17, 15) is 5.11 Å². The molecular formula is C10H18O. The monoisotopic (exact) mass is 154 g/mol. The van der Waals surface area contributed by atoms with E-state index in [1.165, 1.54) is 6.42 Å². The van der Waals surface area contributed by atoms with Gasteiger partial charge in [0.1, 0.15) is 0 Å². The van der Waals surface area contributed by atoms with Crippen molar-refractivity contribution in [1.82, 2.24) is 0 Å². The number of rotatable bonds is 0. The molecule has 2 bridgehead atoms. The van der Waals surface area contributed by atoms with E-state index in [1.807, 2.05) is 0 Å². The first-order valence-corrected chi connectivity index (χ1v) is 4.71. The van der Waals surface area contributed by atoms with E-state index in [4.69, 9.17) is 0 Å². The lowest BCUT2D eigenvalue weighted by Gasteiger charge is -2.61. The van der Waals surface area contributed by atoms with Gasteiger partial charge in [-0.3, -0.25) is 0 Å². The van der Waals surface area contributed by atoms with Crippen LogP contribution in [0.4, 0.5) is 0 Å². The molecule has 0 saturated heterocycles. The van der Waals surface area contributed by atoms with E-state index in [1.54, 1.807) is 0 Å². The average Bonchev–Trinajstić information content (AvgIpc) is 1.93. The molecule has 0 amide bonds. The van der Waals surface area contributed by atoms with Gasteiger partial charge in [-0.1, -0.05) is 20.8 Å². The first kappa shape index (κ1) is 7.60. The van der Waals surface area contributed by atoms with Gasteiger partial charge in [0.05, 0.1) is 6.10 Å². The highest BCUT2D eigenvalue weighted by Crippen LogP contribution is 2.61. The van der Waals surface area contributed by atoms with Gasteiger partial charge in [-0.15, -0.1) is 0 Å². The summed E-state index contributed by atoms with van der Waals surface area (Å²) in [7, 11) is 0. The Morgan fingerprint density at radius 3 is 2.27 bits per heavy atom. The molecule has 1 nitrogen and oxygen atoms in total. The zero-order valence-corrected chi connectivity index (χ0v) is 7.67. The van der Waals surface area contributed by atoms with E-state index in [0.29, 0.717) is 11.3 Å². The number of aliphatic hydroxyl groups is 1. The summed E-state index contributed by atoms with van der Waals surface area (Å²) >= 11 is 0. The highest BCUT2D eigenvalue weighted by atomic mass is 16.3. The Bertz CT molecular complexity index is 174. The predicted octanol–water partition coefficient (Wildman–Crippen LogP) is 2.05. The van der Waals surface area contributed by atoms with Crippen molar-refractivity contribution in [3.8, 4) is 0 Å². The third kappa shape index (κ3) is 0.807. The molecule has 3 saturated carbocycles. The summed E-state index contributed by atoms with van der Waals surface area (Å²) in [4.78, 5) is 0. The average molecular weight is 154 g/mol. The lowest BCUT2D eigenvalue weighted by atomic mass is 9.45. The Hall–Kier alpha value is -0.0400. The van der Waals surface area contributed by atoms with Crippen LogP contribution in [0.1, 0.15) is 33.6 Å². The minimum absolute atomic E-state index is 0.00762. The molecule has 3 aliphatic rings.